The molecule has 0 radical (unpaired) electrons. The first-order chi connectivity index (χ1) is 9.52. The molecular formula is C14H17N3OS2. The van der Waals surface area contributed by atoms with Crippen LogP contribution in [-0.4, -0.2) is 5.91 Å². The van der Waals surface area contributed by atoms with Crippen molar-refractivity contribution in [3.05, 3.63) is 45.1 Å². The predicted octanol–water partition coefficient (Wildman–Crippen LogP) is 2.84. The number of hydrazine groups is 1. The molecule has 0 aliphatic rings. The fraction of sp³-hybridized carbons (Fsp3) is 0.214. The van der Waals surface area contributed by atoms with Crippen LogP contribution in [0.3, 0.4) is 0 Å². The molecule has 1 aromatic carbocycles. The van der Waals surface area contributed by atoms with Crippen molar-refractivity contribution in [3.63, 3.8) is 0 Å². The van der Waals surface area contributed by atoms with Gasteiger partial charge in [0.2, 0.25) is 0 Å². The minimum Gasteiger partial charge on any atom is -0.398 e. The number of nitrogen functional groups attached to an aromatic ring is 2. The lowest BCUT2D eigenvalue weighted by molar-refractivity contribution is 0.0957. The number of hydrogen-bond acceptors (Lipinski definition) is 5. The summed E-state index contributed by atoms with van der Waals surface area (Å²) in [6.45, 7) is 4.01. The van der Waals surface area contributed by atoms with Gasteiger partial charge in [-0.1, -0.05) is 12.1 Å². The van der Waals surface area contributed by atoms with Crippen LogP contribution in [0.25, 0.3) is 0 Å². The summed E-state index contributed by atoms with van der Waals surface area (Å²) in [7, 11) is 0. The Morgan fingerprint density at radius 2 is 2.15 bits per heavy atom. The molecule has 0 atom stereocenters. The number of para-hydroxylation sites is 1. The van der Waals surface area contributed by atoms with E-state index in [0.717, 1.165) is 32.3 Å². The molecule has 0 saturated heterocycles. The first kappa shape index (κ1) is 14.9. The van der Waals surface area contributed by atoms with Gasteiger partial charge in [-0.2, -0.15) is 0 Å². The Kier molecular flexibility index (Phi) is 4.69. The Bertz CT molecular complexity index is 637. The van der Waals surface area contributed by atoms with Gasteiger partial charge in [0, 0.05) is 21.2 Å². The number of carbonyl (C=O) groups is 1. The van der Waals surface area contributed by atoms with E-state index < -0.39 is 0 Å². The van der Waals surface area contributed by atoms with Crippen LogP contribution in [0.15, 0.2) is 29.2 Å². The van der Waals surface area contributed by atoms with Gasteiger partial charge in [-0.3, -0.25) is 10.2 Å². The number of amides is 1. The van der Waals surface area contributed by atoms with E-state index >= 15 is 0 Å². The molecule has 0 spiro atoms. The van der Waals surface area contributed by atoms with Gasteiger partial charge in [-0.05, 0) is 37.1 Å². The van der Waals surface area contributed by atoms with Crippen LogP contribution < -0.4 is 17.0 Å². The molecule has 106 valence electrons. The molecule has 1 heterocycles. The van der Waals surface area contributed by atoms with Gasteiger partial charge in [0.15, 0.2) is 0 Å². The molecule has 6 heteroatoms. The van der Waals surface area contributed by atoms with Gasteiger partial charge in [0.25, 0.3) is 5.91 Å². The quantitative estimate of drug-likeness (QED) is 0.267. The lowest BCUT2D eigenvalue weighted by Crippen LogP contribution is -2.29. The summed E-state index contributed by atoms with van der Waals surface area (Å²) >= 11 is 3.13. The maximum atomic E-state index is 11.5. The molecule has 1 aromatic heterocycles. The fourth-order valence-corrected chi connectivity index (χ4v) is 3.92. The second-order valence-corrected chi connectivity index (χ2v) is 6.71. The standard InChI is InChI=1S/C14H17N3OS2/c1-8-4-3-5-11(13(8)15)19-7-10-6-12(14(18)17-16)20-9(10)2/h3-6H,7,15-16H2,1-2H3,(H,17,18). The van der Waals surface area contributed by atoms with Crippen LogP contribution in [0.2, 0.25) is 0 Å². The van der Waals surface area contributed by atoms with Crippen molar-refractivity contribution in [2.75, 3.05) is 5.73 Å². The van der Waals surface area contributed by atoms with Gasteiger partial charge in [0.05, 0.1) is 4.88 Å². The maximum absolute atomic E-state index is 11.5. The molecule has 1 amide bonds. The minimum atomic E-state index is -0.246. The lowest BCUT2D eigenvalue weighted by Gasteiger charge is -2.07. The molecule has 2 rings (SSSR count). The zero-order valence-corrected chi connectivity index (χ0v) is 13.0. The number of thioether (sulfide) groups is 1. The van der Waals surface area contributed by atoms with Crippen LogP contribution in [-0.2, 0) is 5.75 Å². The van der Waals surface area contributed by atoms with Crippen molar-refractivity contribution in [1.82, 2.24) is 5.43 Å². The maximum Gasteiger partial charge on any atom is 0.275 e. The fourth-order valence-electron chi connectivity index (χ4n) is 1.78. The molecule has 0 unspecified atom stereocenters. The molecule has 0 aliphatic heterocycles. The zero-order chi connectivity index (χ0) is 14.7. The highest BCUT2D eigenvalue weighted by Gasteiger charge is 2.12. The molecule has 0 aliphatic carbocycles. The summed E-state index contributed by atoms with van der Waals surface area (Å²) < 4.78 is 0. The summed E-state index contributed by atoms with van der Waals surface area (Å²) in [6, 6.07) is 7.91. The van der Waals surface area contributed by atoms with Gasteiger partial charge < -0.3 is 5.73 Å². The van der Waals surface area contributed by atoms with E-state index in [9.17, 15) is 4.79 Å². The van der Waals surface area contributed by atoms with Crippen LogP contribution in [0, 0.1) is 13.8 Å². The zero-order valence-electron chi connectivity index (χ0n) is 11.4. The van der Waals surface area contributed by atoms with E-state index in [0.29, 0.717) is 4.88 Å². The first-order valence-electron chi connectivity index (χ1n) is 6.11. The number of nitrogens with two attached hydrogens (primary N) is 2. The van der Waals surface area contributed by atoms with Crippen LogP contribution >= 0.6 is 23.1 Å². The van der Waals surface area contributed by atoms with E-state index in [4.69, 9.17) is 11.6 Å². The highest BCUT2D eigenvalue weighted by atomic mass is 32.2. The van der Waals surface area contributed by atoms with Crippen molar-refractivity contribution < 1.29 is 4.79 Å². The van der Waals surface area contributed by atoms with E-state index in [-0.39, 0.29) is 5.91 Å². The normalized spacial score (nSPS) is 10.6. The third-order valence-corrected chi connectivity index (χ3v) is 5.26. The summed E-state index contributed by atoms with van der Waals surface area (Å²) in [4.78, 5) is 14.3. The van der Waals surface area contributed by atoms with E-state index in [1.54, 1.807) is 11.8 Å². The van der Waals surface area contributed by atoms with Gasteiger partial charge in [-0.25, -0.2) is 5.84 Å². The van der Waals surface area contributed by atoms with Crippen molar-refractivity contribution in [3.8, 4) is 0 Å². The van der Waals surface area contributed by atoms with Crippen LogP contribution in [0.1, 0.15) is 25.7 Å². The Hall–Kier alpha value is -1.50. The number of nitrogens with one attached hydrogen (secondary N) is 1. The second-order valence-electron chi connectivity index (χ2n) is 4.44. The average Bonchev–Trinajstić information content (AvgIpc) is 2.81. The molecule has 5 N–H and O–H groups in total. The third kappa shape index (κ3) is 3.15. The van der Waals surface area contributed by atoms with Gasteiger partial charge in [0.1, 0.15) is 0 Å². The second kappa shape index (κ2) is 6.30. The largest absolute Gasteiger partial charge is 0.398 e. The lowest BCUT2D eigenvalue weighted by atomic mass is 10.2. The van der Waals surface area contributed by atoms with Crippen molar-refractivity contribution in [1.29, 1.82) is 0 Å². The van der Waals surface area contributed by atoms with Crippen LogP contribution in [0.5, 0.6) is 0 Å². The topological polar surface area (TPSA) is 81.1 Å². The number of thiophene rings is 1. The SMILES string of the molecule is Cc1cccc(SCc2cc(C(=O)NN)sc2C)c1N. The van der Waals surface area contributed by atoms with Gasteiger partial charge >= 0.3 is 0 Å². The monoisotopic (exact) mass is 307 g/mol. The molecule has 0 fully saturated rings. The molecular weight excluding hydrogens is 290 g/mol. The number of aryl methyl sites for hydroxylation is 2. The first-order valence-corrected chi connectivity index (χ1v) is 7.91. The third-order valence-electron chi connectivity index (χ3n) is 3.04. The smallest absolute Gasteiger partial charge is 0.275 e. The Balaban J connectivity index is 2.13. The summed E-state index contributed by atoms with van der Waals surface area (Å²) in [5.41, 5.74) is 11.3. The number of rotatable bonds is 4. The molecule has 0 saturated carbocycles. The summed E-state index contributed by atoms with van der Waals surface area (Å²) in [5, 5.41) is 0. The number of hydrogen-bond donors (Lipinski definition) is 3. The van der Waals surface area contributed by atoms with E-state index in [1.165, 1.54) is 11.3 Å². The highest BCUT2D eigenvalue weighted by molar-refractivity contribution is 7.98. The van der Waals surface area contributed by atoms with Gasteiger partial charge in [-0.15, -0.1) is 23.1 Å². The van der Waals surface area contributed by atoms with Crippen LogP contribution in [0.4, 0.5) is 5.69 Å². The minimum absolute atomic E-state index is 0.246. The number of anilines is 1. The summed E-state index contributed by atoms with van der Waals surface area (Å²) in [6.07, 6.45) is 0. The molecule has 2 aromatic rings. The number of benzene rings is 1. The predicted molar refractivity (Wildman–Crippen MR) is 85.9 cm³/mol. The Labute approximate surface area is 126 Å². The number of carbonyl (C=O) groups excluding carboxylic acids is 1. The van der Waals surface area contributed by atoms with Crippen molar-refractivity contribution in [2.45, 2.75) is 24.5 Å². The van der Waals surface area contributed by atoms with Crippen molar-refractivity contribution in [2.24, 2.45) is 5.84 Å². The highest BCUT2D eigenvalue weighted by Crippen LogP contribution is 2.32. The van der Waals surface area contributed by atoms with E-state index in [1.807, 2.05) is 38.1 Å². The average molecular weight is 307 g/mol. The van der Waals surface area contributed by atoms with E-state index in [2.05, 4.69) is 5.43 Å². The Morgan fingerprint density at radius 3 is 2.85 bits per heavy atom. The summed E-state index contributed by atoms with van der Waals surface area (Å²) in [5.74, 6) is 5.69. The van der Waals surface area contributed by atoms with Crippen molar-refractivity contribution >= 4 is 34.7 Å². The molecule has 20 heavy (non-hydrogen) atoms. The molecule has 0 bridgehead atoms. The Morgan fingerprint density at radius 1 is 1.40 bits per heavy atom. The molecule has 4 nitrogen and oxygen atoms in total.